The minimum Gasteiger partial charge on any atom is -0.368 e. The predicted octanol–water partition coefficient (Wildman–Crippen LogP) is -1.12. The molecule has 0 aliphatic carbocycles. The van der Waals surface area contributed by atoms with E-state index in [9.17, 15) is 19.0 Å². The largest absolute Gasteiger partial charge is 0.369 e. The number of hydrazine groups is 1. The Labute approximate surface area is 136 Å². The van der Waals surface area contributed by atoms with Crippen LogP contribution in [0.4, 0.5) is 5.82 Å². The SMILES string of the molecule is NNc1ccc(C(=O)NCCCC(O)(P(=O)(O)O)P(=O)(O)O)cn1. The molecule has 9 N–H and O–H groups in total. The summed E-state index contributed by atoms with van der Waals surface area (Å²) in [6.07, 6.45) is 0.0383. The molecule has 0 fully saturated rings. The molecule has 136 valence electrons. The summed E-state index contributed by atoms with van der Waals surface area (Å²) in [5.41, 5.74) is 2.45. The average molecular weight is 384 g/mol. The molecule has 1 rings (SSSR count). The normalized spacial score (nSPS) is 12.8. The van der Waals surface area contributed by atoms with Gasteiger partial charge in [-0.1, -0.05) is 0 Å². The number of carbonyl (C=O) groups is 1. The molecule has 24 heavy (non-hydrogen) atoms. The van der Waals surface area contributed by atoms with Crippen molar-refractivity contribution in [2.75, 3.05) is 12.0 Å². The maximum atomic E-state index is 11.8. The summed E-state index contributed by atoms with van der Waals surface area (Å²) in [5, 5.41) is 8.54. The van der Waals surface area contributed by atoms with E-state index in [2.05, 4.69) is 15.7 Å². The van der Waals surface area contributed by atoms with Gasteiger partial charge >= 0.3 is 15.2 Å². The van der Waals surface area contributed by atoms with Gasteiger partial charge in [-0.3, -0.25) is 13.9 Å². The van der Waals surface area contributed by atoms with Gasteiger partial charge in [0.05, 0.1) is 5.56 Å². The van der Waals surface area contributed by atoms with Gasteiger partial charge in [-0.15, -0.1) is 0 Å². The van der Waals surface area contributed by atoms with Crippen LogP contribution in [0.5, 0.6) is 0 Å². The van der Waals surface area contributed by atoms with E-state index in [1.807, 2.05) is 0 Å². The van der Waals surface area contributed by atoms with Crippen molar-refractivity contribution in [3.63, 3.8) is 0 Å². The first-order valence-corrected chi connectivity index (χ1v) is 9.69. The van der Waals surface area contributed by atoms with Gasteiger partial charge in [0.15, 0.2) is 0 Å². The van der Waals surface area contributed by atoms with Gasteiger partial charge in [-0.2, -0.15) is 0 Å². The lowest BCUT2D eigenvalue weighted by Gasteiger charge is -2.29. The van der Waals surface area contributed by atoms with E-state index in [1.54, 1.807) is 0 Å². The highest BCUT2D eigenvalue weighted by Crippen LogP contribution is 2.69. The quantitative estimate of drug-likeness (QED) is 0.116. The second-order valence-electron chi connectivity index (χ2n) is 4.80. The Morgan fingerprint density at radius 1 is 1.21 bits per heavy atom. The smallest absolute Gasteiger partial charge is 0.368 e. The molecule has 0 aliphatic rings. The lowest BCUT2D eigenvalue weighted by atomic mass is 10.2. The van der Waals surface area contributed by atoms with Gasteiger partial charge in [0, 0.05) is 19.2 Å². The number of hydrogen-bond donors (Lipinski definition) is 8. The first kappa shape index (κ1) is 20.7. The Bertz CT molecular complexity index is 648. The van der Waals surface area contributed by atoms with Crippen LogP contribution in [0.1, 0.15) is 23.2 Å². The number of nitrogen functional groups attached to an aromatic ring is 1. The highest BCUT2D eigenvalue weighted by molar-refractivity contribution is 7.72. The Kier molecular flexibility index (Phi) is 6.62. The molecular weight excluding hydrogens is 366 g/mol. The maximum Gasteiger partial charge on any atom is 0.369 e. The van der Waals surface area contributed by atoms with Gasteiger partial charge in [0.25, 0.3) is 11.0 Å². The van der Waals surface area contributed by atoms with Crippen molar-refractivity contribution in [2.45, 2.75) is 17.9 Å². The minimum absolute atomic E-state index is 0.175. The molecule has 0 saturated carbocycles. The van der Waals surface area contributed by atoms with Crippen molar-refractivity contribution in [3.8, 4) is 0 Å². The number of aliphatic hydroxyl groups is 1. The number of rotatable bonds is 8. The van der Waals surface area contributed by atoms with Crippen molar-refractivity contribution in [3.05, 3.63) is 23.9 Å². The van der Waals surface area contributed by atoms with E-state index >= 15 is 0 Å². The fraction of sp³-hybridized carbons (Fsp3) is 0.400. The van der Waals surface area contributed by atoms with Gasteiger partial charge in [-0.25, -0.2) is 10.8 Å². The number of carbonyl (C=O) groups excluding carboxylic acids is 1. The lowest BCUT2D eigenvalue weighted by molar-refractivity contribution is 0.0946. The zero-order chi connectivity index (χ0) is 18.6. The highest BCUT2D eigenvalue weighted by atomic mass is 31.2. The van der Waals surface area contributed by atoms with Crippen LogP contribution in [0.2, 0.25) is 0 Å². The molecule has 1 heterocycles. The van der Waals surface area contributed by atoms with Crippen molar-refractivity contribution in [1.29, 1.82) is 0 Å². The van der Waals surface area contributed by atoms with E-state index in [0.29, 0.717) is 5.82 Å². The van der Waals surface area contributed by atoms with Crippen LogP contribution in [0.25, 0.3) is 0 Å². The number of nitrogens with one attached hydrogen (secondary N) is 2. The molecule has 1 aromatic rings. The molecule has 1 aromatic heterocycles. The summed E-state index contributed by atoms with van der Waals surface area (Å²) in [6, 6.07) is 2.86. The molecule has 0 saturated heterocycles. The number of aromatic nitrogens is 1. The third kappa shape index (κ3) is 4.82. The zero-order valence-electron chi connectivity index (χ0n) is 12.2. The van der Waals surface area contributed by atoms with Gasteiger partial charge < -0.3 is 35.4 Å². The second kappa shape index (κ2) is 7.68. The Hall–Kier alpha value is -1.36. The Morgan fingerprint density at radius 2 is 1.79 bits per heavy atom. The number of hydrogen-bond acceptors (Lipinski definition) is 7. The molecule has 0 bridgehead atoms. The molecule has 0 aromatic carbocycles. The average Bonchev–Trinajstić information content (AvgIpc) is 2.49. The molecule has 0 radical (unpaired) electrons. The van der Waals surface area contributed by atoms with Crippen molar-refractivity contribution < 1.29 is 38.6 Å². The van der Waals surface area contributed by atoms with Crippen molar-refractivity contribution in [1.82, 2.24) is 10.3 Å². The molecule has 12 nitrogen and oxygen atoms in total. The topological polar surface area (TPSA) is 215 Å². The molecular formula is C10H18N4O8P2. The van der Waals surface area contributed by atoms with Crippen LogP contribution >= 0.6 is 15.2 Å². The second-order valence-corrected chi connectivity index (χ2v) is 8.81. The van der Waals surface area contributed by atoms with Gasteiger partial charge in [0.2, 0.25) is 0 Å². The lowest BCUT2D eigenvalue weighted by Crippen LogP contribution is -2.31. The van der Waals surface area contributed by atoms with Gasteiger partial charge in [-0.05, 0) is 18.6 Å². The Morgan fingerprint density at radius 3 is 2.21 bits per heavy atom. The third-order valence-electron chi connectivity index (χ3n) is 3.08. The molecule has 0 atom stereocenters. The van der Waals surface area contributed by atoms with Crippen LogP contribution in [-0.2, 0) is 9.13 Å². The first-order valence-electron chi connectivity index (χ1n) is 6.47. The van der Waals surface area contributed by atoms with Crippen LogP contribution in [0, 0.1) is 0 Å². The van der Waals surface area contributed by atoms with E-state index in [-0.39, 0.29) is 18.5 Å². The fourth-order valence-corrected chi connectivity index (χ4v) is 3.96. The molecule has 0 unspecified atom stereocenters. The van der Waals surface area contributed by atoms with Crippen LogP contribution < -0.4 is 16.6 Å². The van der Waals surface area contributed by atoms with Crippen molar-refractivity contribution in [2.24, 2.45) is 5.84 Å². The molecule has 0 aliphatic heterocycles. The predicted molar refractivity (Wildman–Crippen MR) is 82.7 cm³/mol. The summed E-state index contributed by atoms with van der Waals surface area (Å²) in [6.45, 7) is -0.183. The fourth-order valence-electron chi connectivity index (χ4n) is 1.70. The Balaban J connectivity index is 2.62. The molecule has 14 heteroatoms. The van der Waals surface area contributed by atoms with E-state index in [4.69, 9.17) is 25.4 Å². The maximum absolute atomic E-state index is 11.8. The standard InChI is InChI=1S/C10H18N4O8P2/c11-14-8-3-2-7(6-13-8)9(15)12-5-1-4-10(16,23(17,18)19)24(20,21)22/h2-3,6,16H,1,4-5,11H2,(H,12,15)(H,13,14)(H2,17,18,19)(H2,20,21,22). The summed E-state index contributed by atoms with van der Waals surface area (Å²) in [4.78, 5) is 51.5. The monoisotopic (exact) mass is 384 g/mol. The molecule has 0 spiro atoms. The van der Waals surface area contributed by atoms with Crippen molar-refractivity contribution >= 4 is 26.9 Å². The summed E-state index contributed by atoms with van der Waals surface area (Å²) >= 11 is 0. The highest BCUT2D eigenvalue weighted by Gasteiger charge is 2.58. The first-order chi connectivity index (χ1) is 10.9. The van der Waals surface area contributed by atoms with Crippen LogP contribution in [0.3, 0.4) is 0 Å². The summed E-state index contributed by atoms with van der Waals surface area (Å²) in [5.74, 6) is 4.89. The zero-order valence-corrected chi connectivity index (χ0v) is 14.0. The number of anilines is 1. The number of nitrogens with zero attached hydrogens (tertiary/aromatic N) is 1. The number of pyridine rings is 1. The van der Waals surface area contributed by atoms with Crippen LogP contribution in [-0.4, -0.2) is 47.2 Å². The summed E-state index contributed by atoms with van der Waals surface area (Å²) < 4.78 is 22.3. The third-order valence-corrected chi connectivity index (χ3v) is 6.96. The van der Waals surface area contributed by atoms with Gasteiger partial charge in [0.1, 0.15) is 5.82 Å². The van der Waals surface area contributed by atoms with E-state index < -0.39 is 32.6 Å². The number of amides is 1. The summed E-state index contributed by atoms with van der Waals surface area (Å²) in [7, 11) is -11.0. The van der Waals surface area contributed by atoms with E-state index in [0.717, 1.165) is 0 Å². The minimum atomic E-state index is -5.49. The number of nitrogens with two attached hydrogens (primary N) is 1. The molecule has 1 amide bonds. The van der Waals surface area contributed by atoms with Crippen LogP contribution in [0.15, 0.2) is 18.3 Å². The van der Waals surface area contributed by atoms with E-state index in [1.165, 1.54) is 18.3 Å².